The minimum absolute atomic E-state index is 0.0389. The monoisotopic (exact) mass is 301 g/mol. The van der Waals surface area contributed by atoms with Gasteiger partial charge in [-0.3, -0.25) is 4.79 Å². The zero-order chi connectivity index (χ0) is 12.8. The molecule has 1 aromatic rings. The van der Waals surface area contributed by atoms with Gasteiger partial charge in [-0.1, -0.05) is 29.8 Å². The van der Waals surface area contributed by atoms with Gasteiger partial charge < -0.3 is 9.88 Å². The highest BCUT2D eigenvalue weighted by Gasteiger charge is 2.13. The lowest BCUT2D eigenvalue weighted by molar-refractivity contribution is 0.566. The van der Waals surface area contributed by atoms with Gasteiger partial charge >= 0.3 is 0 Å². The highest BCUT2D eigenvalue weighted by atomic mass is 79.9. The highest BCUT2D eigenvalue weighted by Crippen LogP contribution is 2.09. The summed E-state index contributed by atoms with van der Waals surface area (Å²) in [7, 11) is 0. The van der Waals surface area contributed by atoms with Crippen molar-refractivity contribution < 1.29 is 0 Å². The molecule has 1 N–H and O–H groups in total. The standard InChI is InChI=1S/C12H20BrN3O/c1-4-6-16-7-5-14-11(12(16)17)15-10(3)9(2)8-13/h5,7,9-10H,4,6,8H2,1-3H3,(H,14,15). The van der Waals surface area contributed by atoms with Crippen LogP contribution in [0.3, 0.4) is 0 Å². The maximum absolute atomic E-state index is 12.0. The molecule has 4 nitrogen and oxygen atoms in total. The fourth-order valence-electron chi connectivity index (χ4n) is 1.45. The van der Waals surface area contributed by atoms with Gasteiger partial charge in [0.2, 0.25) is 0 Å². The summed E-state index contributed by atoms with van der Waals surface area (Å²) in [5.74, 6) is 0.886. The largest absolute Gasteiger partial charge is 0.363 e. The molecule has 96 valence electrons. The number of anilines is 1. The molecule has 1 aromatic heterocycles. The number of hydrogen-bond donors (Lipinski definition) is 1. The quantitative estimate of drug-likeness (QED) is 0.821. The second kappa shape index (κ2) is 6.79. The molecule has 0 amide bonds. The van der Waals surface area contributed by atoms with Crippen molar-refractivity contribution >= 4 is 21.7 Å². The molecule has 0 radical (unpaired) electrons. The van der Waals surface area contributed by atoms with Gasteiger partial charge in [0.05, 0.1) is 0 Å². The molecule has 2 unspecified atom stereocenters. The van der Waals surface area contributed by atoms with Gasteiger partial charge in [0.1, 0.15) is 0 Å². The summed E-state index contributed by atoms with van der Waals surface area (Å²) in [4.78, 5) is 16.1. The second-order valence-electron chi connectivity index (χ2n) is 4.34. The van der Waals surface area contributed by atoms with E-state index in [-0.39, 0.29) is 11.6 Å². The maximum Gasteiger partial charge on any atom is 0.293 e. The molecular weight excluding hydrogens is 282 g/mol. The van der Waals surface area contributed by atoms with Crippen LogP contribution in [0.2, 0.25) is 0 Å². The van der Waals surface area contributed by atoms with Crippen LogP contribution in [-0.2, 0) is 6.54 Å². The van der Waals surface area contributed by atoms with Gasteiger partial charge in [-0.2, -0.15) is 0 Å². The lowest BCUT2D eigenvalue weighted by Crippen LogP contribution is -2.31. The lowest BCUT2D eigenvalue weighted by atomic mass is 10.1. The van der Waals surface area contributed by atoms with E-state index in [9.17, 15) is 4.79 Å². The molecule has 2 atom stereocenters. The van der Waals surface area contributed by atoms with E-state index in [0.717, 1.165) is 18.3 Å². The van der Waals surface area contributed by atoms with Gasteiger partial charge in [-0.25, -0.2) is 4.98 Å². The third-order valence-corrected chi connectivity index (χ3v) is 3.86. The predicted molar refractivity (Wildman–Crippen MR) is 74.8 cm³/mol. The van der Waals surface area contributed by atoms with Crippen LogP contribution >= 0.6 is 15.9 Å². The van der Waals surface area contributed by atoms with Crippen LogP contribution in [0.5, 0.6) is 0 Å². The first-order chi connectivity index (χ1) is 8.10. The summed E-state index contributed by atoms with van der Waals surface area (Å²) in [6, 6.07) is 0.215. The van der Waals surface area contributed by atoms with E-state index in [2.05, 4.69) is 47.0 Å². The van der Waals surface area contributed by atoms with Crippen LogP contribution in [0, 0.1) is 5.92 Å². The Morgan fingerprint density at radius 2 is 2.24 bits per heavy atom. The smallest absolute Gasteiger partial charge is 0.293 e. The van der Waals surface area contributed by atoms with E-state index in [1.54, 1.807) is 17.0 Å². The number of alkyl halides is 1. The number of aromatic nitrogens is 2. The van der Waals surface area contributed by atoms with Crippen LogP contribution in [0.1, 0.15) is 27.2 Å². The first kappa shape index (κ1) is 14.2. The third kappa shape index (κ3) is 3.84. The number of aryl methyl sites for hydroxylation is 1. The fourth-order valence-corrected chi connectivity index (χ4v) is 2.02. The summed E-state index contributed by atoms with van der Waals surface area (Å²) in [5.41, 5.74) is -0.0389. The molecule has 0 bridgehead atoms. The molecule has 0 aliphatic heterocycles. The van der Waals surface area contributed by atoms with E-state index in [1.807, 2.05) is 0 Å². The van der Waals surface area contributed by atoms with Gasteiger partial charge in [0.25, 0.3) is 5.56 Å². The van der Waals surface area contributed by atoms with Gasteiger partial charge in [-0.05, 0) is 19.3 Å². The number of nitrogens with one attached hydrogen (secondary N) is 1. The summed E-state index contributed by atoms with van der Waals surface area (Å²) in [6.45, 7) is 6.97. The van der Waals surface area contributed by atoms with Crippen molar-refractivity contribution in [2.24, 2.45) is 5.92 Å². The first-order valence-corrected chi connectivity index (χ1v) is 7.10. The number of rotatable bonds is 6. The summed E-state index contributed by atoms with van der Waals surface area (Å²) < 4.78 is 1.70. The predicted octanol–water partition coefficient (Wildman–Crippen LogP) is 2.48. The van der Waals surface area contributed by atoms with Crippen molar-refractivity contribution in [3.05, 3.63) is 22.7 Å². The van der Waals surface area contributed by atoms with E-state index >= 15 is 0 Å². The van der Waals surface area contributed by atoms with Gasteiger partial charge in [-0.15, -0.1) is 0 Å². The molecule has 0 spiro atoms. The van der Waals surface area contributed by atoms with Crippen LogP contribution in [0.15, 0.2) is 17.2 Å². The van der Waals surface area contributed by atoms with E-state index in [1.165, 1.54) is 0 Å². The Morgan fingerprint density at radius 3 is 2.82 bits per heavy atom. The highest BCUT2D eigenvalue weighted by molar-refractivity contribution is 9.09. The number of halogens is 1. The number of hydrogen-bond acceptors (Lipinski definition) is 3. The molecule has 0 aliphatic carbocycles. The van der Waals surface area contributed by atoms with Gasteiger partial charge in [0.15, 0.2) is 5.82 Å². The molecule has 0 aliphatic rings. The maximum atomic E-state index is 12.0. The molecule has 0 saturated carbocycles. The molecule has 0 fully saturated rings. The van der Waals surface area contributed by atoms with Crippen molar-refractivity contribution in [2.45, 2.75) is 39.8 Å². The Labute approximate surface area is 111 Å². The normalized spacial score (nSPS) is 14.4. The van der Waals surface area contributed by atoms with E-state index in [0.29, 0.717) is 11.7 Å². The average molecular weight is 302 g/mol. The fraction of sp³-hybridized carbons (Fsp3) is 0.667. The van der Waals surface area contributed by atoms with Crippen molar-refractivity contribution in [2.75, 3.05) is 10.6 Å². The first-order valence-electron chi connectivity index (χ1n) is 5.98. The van der Waals surface area contributed by atoms with E-state index < -0.39 is 0 Å². The second-order valence-corrected chi connectivity index (χ2v) is 4.99. The van der Waals surface area contributed by atoms with Crippen molar-refractivity contribution in [3.8, 4) is 0 Å². The van der Waals surface area contributed by atoms with Crippen LogP contribution in [0.4, 0.5) is 5.82 Å². The number of nitrogens with zero attached hydrogens (tertiary/aromatic N) is 2. The van der Waals surface area contributed by atoms with Crippen LogP contribution in [-0.4, -0.2) is 20.9 Å². The van der Waals surface area contributed by atoms with Crippen molar-refractivity contribution in [1.29, 1.82) is 0 Å². The summed E-state index contributed by atoms with van der Waals surface area (Å²) in [5, 5.41) is 4.09. The Bertz CT molecular complexity index is 405. The minimum atomic E-state index is -0.0389. The Kier molecular flexibility index (Phi) is 5.68. The molecule has 0 saturated heterocycles. The topological polar surface area (TPSA) is 46.9 Å². The molecule has 1 heterocycles. The zero-order valence-corrected chi connectivity index (χ0v) is 12.2. The van der Waals surface area contributed by atoms with E-state index in [4.69, 9.17) is 0 Å². The Morgan fingerprint density at radius 1 is 1.53 bits per heavy atom. The molecular formula is C12H20BrN3O. The summed E-state index contributed by atoms with van der Waals surface area (Å²) >= 11 is 3.44. The van der Waals surface area contributed by atoms with Gasteiger partial charge in [0, 0.05) is 30.3 Å². The third-order valence-electron chi connectivity index (χ3n) is 2.84. The lowest BCUT2D eigenvalue weighted by Gasteiger charge is -2.19. The molecule has 5 heteroatoms. The summed E-state index contributed by atoms with van der Waals surface area (Å²) in [6.07, 6.45) is 4.34. The molecule has 17 heavy (non-hydrogen) atoms. The zero-order valence-electron chi connectivity index (χ0n) is 10.6. The Hall–Kier alpha value is -0.840. The average Bonchev–Trinajstić information content (AvgIpc) is 2.33. The SMILES string of the molecule is CCCn1ccnc(NC(C)C(C)CBr)c1=O. The van der Waals surface area contributed by atoms with Crippen molar-refractivity contribution in [1.82, 2.24) is 9.55 Å². The molecule has 1 rings (SSSR count). The van der Waals surface area contributed by atoms with Crippen molar-refractivity contribution in [3.63, 3.8) is 0 Å². The van der Waals surface area contributed by atoms with Crippen LogP contribution < -0.4 is 10.9 Å². The minimum Gasteiger partial charge on any atom is -0.363 e. The van der Waals surface area contributed by atoms with Crippen LogP contribution in [0.25, 0.3) is 0 Å². The Balaban J connectivity index is 2.85. The molecule has 0 aromatic carbocycles.